The summed E-state index contributed by atoms with van der Waals surface area (Å²) in [6.45, 7) is 8.58. The summed E-state index contributed by atoms with van der Waals surface area (Å²) in [5.74, 6) is 0.0119. The van der Waals surface area contributed by atoms with Gasteiger partial charge in [0.25, 0.3) is 0 Å². The van der Waals surface area contributed by atoms with Crippen molar-refractivity contribution in [2.75, 3.05) is 38.0 Å². The molecule has 2 aromatic carbocycles. The van der Waals surface area contributed by atoms with Crippen molar-refractivity contribution in [2.45, 2.75) is 26.8 Å². The predicted octanol–water partition coefficient (Wildman–Crippen LogP) is 3.42. The summed E-state index contributed by atoms with van der Waals surface area (Å²) in [6, 6.07) is 15.5. The van der Waals surface area contributed by atoms with Crippen LogP contribution in [0.4, 0.5) is 5.69 Å². The molecule has 1 amide bonds. The van der Waals surface area contributed by atoms with E-state index in [2.05, 4.69) is 28.1 Å². The van der Waals surface area contributed by atoms with E-state index < -0.39 is 0 Å². The van der Waals surface area contributed by atoms with E-state index in [0.717, 1.165) is 54.8 Å². The molecule has 1 saturated heterocycles. The average Bonchev–Trinajstić information content (AvgIpc) is 2.75. The number of anilines is 1. The summed E-state index contributed by atoms with van der Waals surface area (Å²) in [4.78, 5) is 28.9. The van der Waals surface area contributed by atoms with E-state index in [1.807, 2.05) is 43.3 Å². The van der Waals surface area contributed by atoms with Gasteiger partial charge in [0.05, 0.1) is 6.54 Å². The molecule has 6 nitrogen and oxygen atoms in total. The maximum absolute atomic E-state index is 12.4. The van der Waals surface area contributed by atoms with Gasteiger partial charge in [0, 0.05) is 49.9 Å². The van der Waals surface area contributed by atoms with Gasteiger partial charge >= 0.3 is 5.63 Å². The van der Waals surface area contributed by atoms with E-state index in [4.69, 9.17) is 4.42 Å². The lowest BCUT2D eigenvalue weighted by molar-refractivity contribution is -0.117. The van der Waals surface area contributed by atoms with Crippen molar-refractivity contribution in [3.63, 3.8) is 0 Å². The largest absolute Gasteiger partial charge is 0.423 e. The lowest BCUT2D eigenvalue weighted by Gasteiger charge is -2.34. The number of amides is 1. The Morgan fingerprint density at radius 2 is 1.81 bits per heavy atom. The van der Waals surface area contributed by atoms with E-state index in [-0.39, 0.29) is 11.5 Å². The van der Waals surface area contributed by atoms with Crippen LogP contribution >= 0.6 is 0 Å². The molecule has 0 aliphatic carbocycles. The minimum absolute atomic E-state index is 0.0119. The second kappa shape index (κ2) is 9.45. The lowest BCUT2D eigenvalue weighted by Crippen LogP contribution is -2.48. The van der Waals surface area contributed by atoms with Gasteiger partial charge in [-0.2, -0.15) is 0 Å². The number of piperazine rings is 1. The quantitative estimate of drug-likeness (QED) is 0.620. The normalized spacial score (nSPS) is 15.3. The van der Waals surface area contributed by atoms with Crippen molar-refractivity contribution < 1.29 is 9.21 Å². The number of hydrogen-bond acceptors (Lipinski definition) is 5. The molecule has 6 heteroatoms. The highest BCUT2D eigenvalue weighted by atomic mass is 16.4. The van der Waals surface area contributed by atoms with Gasteiger partial charge in [-0.25, -0.2) is 4.79 Å². The van der Waals surface area contributed by atoms with Crippen LogP contribution < -0.4 is 10.9 Å². The van der Waals surface area contributed by atoms with Crippen molar-refractivity contribution in [1.82, 2.24) is 9.80 Å². The Morgan fingerprint density at radius 1 is 1.03 bits per heavy atom. The molecule has 1 aromatic heterocycles. The third-order valence-electron chi connectivity index (χ3n) is 5.83. The smallest absolute Gasteiger partial charge is 0.336 e. The molecule has 31 heavy (non-hydrogen) atoms. The average molecular weight is 420 g/mol. The lowest BCUT2D eigenvalue weighted by atomic mass is 10.0. The van der Waals surface area contributed by atoms with E-state index >= 15 is 0 Å². The molecule has 0 atom stereocenters. The number of rotatable bonds is 6. The van der Waals surface area contributed by atoms with Gasteiger partial charge < -0.3 is 9.73 Å². The van der Waals surface area contributed by atoms with E-state index in [1.54, 1.807) is 6.07 Å². The van der Waals surface area contributed by atoms with Crippen LogP contribution in [0.5, 0.6) is 0 Å². The highest BCUT2D eigenvalue weighted by Gasteiger charge is 2.20. The molecule has 1 aliphatic heterocycles. The highest BCUT2D eigenvalue weighted by molar-refractivity contribution is 5.92. The number of benzene rings is 2. The van der Waals surface area contributed by atoms with Crippen LogP contribution in [-0.4, -0.2) is 48.4 Å². The molecule has 2 heterocycles. The van der Waals surface area contributed by atoms with Crippen LogP contribution in [-0.2, 0) is 17.8 Å². The second-order valence-corrected chi connectivity index (χ2v) is 8.24. The van der Waals surface area contributed by atoms with Crippen LogP contribution in [0.2, 0.25) is 0 Å². The molecule has 1 aliphatic rings. The standard InChI is InChI=1S/C25H29N3O3/c1-3-19-7-8-23-22(14-19)20(15-25(30)31-23)16-27-9-11-28(12-10-27)17-24(29)26-21-6-4-5-18(2)13-21/h4-8,13-15H,3,9-12,16-17H2,1-2H3,(H,26,29). The zero-order valence-electron chi connectivity index (χ0n) is 18.2. The minimum Gasteiger partial charge on any atom is -0.423 e. The molecule has 1 fully saturated rings. The van der Waals surface area contributed by atoms with Crippen molar-refractivity contribution in [2.24, 2.45) is 0 Å². The number of nitrogens with zero attached hydrogens (tertiary/aromatic N) is 2. The van der Waals surface area contributed by atoms with Crippen LogP contribution in [0.25, 0.3) is 11.0 Å². The first-order valence-electron chi connectivity index (χ1n) is 10.9. The number of fused-ring (bicyclic) bond motifs is 1. The summed E-state index contributed by atoms with van der Waals surface area (Å²) in [5.41, 5.74) is 4.54. The van der Waals surface area contributed by atoms with Crippen LogP contribution in [0.3, 0.4) is 0 Å². The zero-order chi connectivity index (χ0) is 21.8. The Labute approximate surface area is 182 Å². The van der Waals surface area contributed by atoms with E-state index in [9.17, 15) is 9.59 Å². The summed E-state index contributed by atoms with van der Waals surface area (Å²) in [6.07, 6.45) is 0.942. The molecule has 1 N–H and O–H groups in total. The molecular formula is C25H29N3O3. The Hall–Kier alpha value is -2.96. The molecule has 3 aromatic rings. The molecular weight excluding hydrogens is 390 g/mol. The molecule has 0 radical (unpaired) electrons. The Bertz CT molecular complexity index is 1130. The van der Waals surface area contributed by atoms with Crippen LogP contribution in [0.1, 0.15) is 23.6 Å². The first kappa shape index (κ1) is 21.3. The van der Waals surface area contributed by atoms with Gasteiger partial charge in [-0.05, 0) is 54.3 Å². The molecule has 0 bridgehead atoms. The maximum Gasteiger partial charge on any atom is 0.336 e. The van der Waals surface area contributed by atoms with Crippen molar-refractivity contribution >= 4 is 22.6 Å². The fourth-order valence-electron chi connectivity index (χ4n) is 4.10. The SMILES string of the molecule is CCc1ccc2oc(=O)cc(CN3CCN(CC(=O)Nc4cccc(C)c4)CC3)c2c1. The Kier molecular flexibility index (Phi) is 6.49. The van der Waals surface area contributed by atoms with Gasteiger partial charge in [0.2, 0.25) is 5.91 Å². The third kappa shape index (κ3) is 5.40. The summed E-state index contributed by atoms with van der Waals surface area (Å²) in [7, 11) is 0. The van der Waals surface area contributed by atoms with Crippen molar-refractivity contribution in [3.8, 4) is 0 Å². The third-order valence-corrected chi connectivity index (χ3v) is 5.83. The fourth-order valence-corrected chi connectivity index (χ4v) is 4.10. The van der Waals surface area contributed by atoms with Crippen molar-refractivity contribution in [3.05, 3.63) is 75.6 Å². The number of hydrogen-bond donors (Lipinski definition) is 1. The molecule has 4 rings (SSSR count). The zero-order valence-corrected chi connectivity index (χ0v) is 18.2. The maximum atomic E-state index is 12.4. The van der Waals surface area contributed by atoms with Crippen molar-refractivity contribution in [1.29, 1.82) is 0 Å². The summed E-state index contributed by atoms with van der Waals surface area (Å²) >= 11 is 0. The number of aryl methyl sites for hydroxylation is 2. The number of carbonyl (C=O) groups excluding carboxylic acids is 1. The fraction of sp³-hybridized carbons (Fsp3) is 0.360. The number of carbonyl (C=O) groups is 1. The van der Waals surface area contributed by atoms with Gasteiger partial charge in [-0.3, -0.25) is 14.6 Å². The second-order valence-electron chi connectivity index (χ2n) is 8.24. The molecule has 0 saturated carbocycles. The summed E-state index contributed by atoms with van der Waals surface area (Å²) < 4.78 is 5.38. The molecule has 0 spiro atoms. The minimum atomic E-state index is -0.307. The van der Waals surface area contributed by atoms with Gasteiger partial charge in [-0.1, -0.05) is 25.1 Å². The Morgan fingerprint density at radius 3 is 2.55 bits per heavy atom. The first-order valence-corrected chi connectivity index (χ1v) is 10.9. The first-order chi connectivity index (χ1) is 15.0. The predicted molar refractivity (Wildman–Crippen MR) is 123 cm³/mol. The van der Waals surface area contributed by atoms with Crippen LogP contribution in [0.15, 0.2) is 57.7 Å². The van der Waals surface area contributed by atoms with Crippen LogP contribution in [0, 0.1) is 6.92 Å². The summed E-state index contributed by atoms with van der Waals surface area (Å²) in [5, 5.41) is 3.99. The highest BCUT2D eigenvalue weighted by Crippen LogP contribution is 2.21. The van der Waals surface area contributed by atoms with Gasteiger partial charge in [-0.15, -0.1) is 0 Å². The van der Waals surface area contributed by atoms with Gasteiger partial charge in [0.1, 0.15) is 5.58 Å². The topological polar surface area (TPSA) is 65.8 Å². The van der Waals surface area contributed by atoms with E-state index in [0.29, 0.717) is 18.7 Å². The van der Waals surface area contributed by atoms with Gasteiger partial charge in [0.15, 0.2) is 0 Å². The molecule has 162 valence electrons. The monoisotopic (exact) mass is 419 g/mol. The number of nitrogens with one attached hydrogen (secondary N) is 1. The Balaban J connectivity index is 1.35. The van der Waals surface area contributed by atoms with E-state index in [1.165, 1.54) is 5.56 Å². The molecule has 0 unspecified atom stereocenters.